The van der Waals surface area contributed by atoms with Crippen molar-refractivity contribution >= 4 is 17.6 Å². The molecule has 2 aliphatic heterocycles. The lowest BCUT2D eigenvalue weighted by Gasteiger charge is -2.25. The van der Waals surface area contributed by atoms with Crippen molar-refractivity contribution in [3.05, 3.63) is 29.3 Å². The van der Waals surface area contributed by atoms with Gasteiger partial charge in [-0.1, -0.05) is 6.07 Å². The SMILES string of the molecule is O=C(O)[C@@H]1CC(O)CN1C(=O)c1cccc2c1CCCN2. The second-order valence-corrected chi connectivity index (χ2v) is 5.56. The van der Waals surface area contributed by atoms with Gasteiger partial charge in [0.2, 0.25) is 0 Å². The summed E-state index contributed by atoms with van der Waals surface area (Å²) in [5.74, 6) is -1.37. The van der Waals surface area contributed by atoms with Gasteiger partial charge in [0.1, 0.15) is 6.04 Å². The fourth-order valence-electron chi connectivity index (χ4n) is 3.14. The second kappa shape index (κ2) is 5.37. The first-order valence-corrected chi connectivity index (χ1v) is 7.15. The molecule has 1 unspecified atom stereocenters. The predicted octanol–water partition coefficient (Wildman–Crippen LogP) is 0.705. The first-order valence-electron chi connectivity index (χ1n) is 7.15. The highest BCUT2D eigenvalue weighted by Crippen LogP contribution is 2.28. The van der Waals surface area contributed by atoms with Crippen LogP contribution in [0.2, 0.25) is 0 Å². The molecule has 1 saturated heterocycles. The summed E-state index contributed by atoms with van der Waals surface area (Å²) in [4.78, 5) is 25.2. The number of fused-ring (bicyclic) bond motifs is 1. The second-order valence-electron chi connectivity index (χ2n) is 5.56. The zero-order valence-corrected chi connectivity index (χ0v) is 11.6. The van der Waals surface area contributed by atoms with Crippen molar-refractivity contribution in [1.82, 2.24) is 4.90 Å². The van der Waals surface area contributed by atoms with Crippen LogP contribution in [0.5, 0.6) is 0 Å². The molecule has 0 spiro atoms. The van der Waals surface area contributed by atoms with Crippen molar-refractivity contribution in [2.24, 2.45) is 0 Å². The monoisotopic (exact) mass is 290 g/mol. The minimum Gasteiger partial charge on any atom is -0.480 e. The Morgan fingerprint density at radius 2 is 2.14 bits per heavy atom. The molecule has 1 amide bonds. The number of carbonyl (C=O) groups excluding carboxylic acids is 1. The van der Waals surface area contributed by atoms with E-state index in [4.69, 9.17) is 0 Å². The molecule has 112 valence electrons. The molecule has 6 nitrogen and oxygen atoms in total. The van der Waals surface area contributed by atoms with Crippen LogP contribution in [0.25, 0.3) is 0 Å². The van der Waals surface area contributed by atoms with E-state index in [0.29, 0.717) is 5.56 Å². The Morgan fingerprint density at radius 1 is 1.33 bits per heavy atom. The van der Waals surface area contributed by atoms with Gasteiger partial charge in [-0.15, -0.1) is 0 Å². The van der Waals surface area contributed by atoms with Crippen LogP contribution >= 0.6 is 0 Å². The molecule has 0 bridgehead atoms. The summed E-state index contributed by atoms with van der Waals surface area (Å²) in [6.07, 6.45) is 1.07. The van der Waals surface area contributed by atoms with Crippen molar-refractivity contribution in [2.75, 3.05) is 18.4 Å². The number of nitrogens with zero attached hydrogens (tertiary/aromatic N) is 1. The van der Waals surface area contributed by atoms with E-state index in [2.05, 4.69) is 5.32 Å². The van der Waals surface area contributed by atoms with Crippen LogP contribution in [-0.4, -0.2) is 52.2 Å². The maximum Gasteiger partial charge on any atom is 0.326 e. The van der Waals surface area contributed by atoms with Crippen molar-refractivity contribution < 1.29 is 19.8 Å². The number of aliphatic hydroxyl groups is 1. The zero-order valence-electron chi connectivity index (χ0n) is 11.6. The van der Waals surface area contributed by atoms with Crippen LogP contribution in [0.4, 0.5) is 5.69 Å². The van der Waals surface area contributed by atoms with Gasteiger partial charge < -0.3 is 20.4 Å². The van der Waals surface area contributed by atoms with Crippen LogP contribution < -0.4 is 5.32 Å². The number of hydrogen-bond donors (Lipinski definition) is 3. The molecule has 2 aliphatic rings. The fourth-order valence-corrected chi connectivity index (χ4v) is 3.14. The number of likely N-dealkylation sites (tertiary alicyclic amines) is 1. The Balaban J connectivity index is 1.93. The number of anilines is 1. The normalized spacial score (nSPS) is 24.3. The van der Waals surface area contributed by atoms with Gasteiger partial charge in [0.05, 0.1) is 6.10 Å². The standard InChI is InChI=1S/C15H18N2O4/c18-9-7-13(15(20)21)17(8-9)14(19)11-3-1-5-12-10(11)4-2-6-16-12/h1,3,5,9,13,16,18H,2,4,6-8H2,(H,20,21)/t9?,13-/m0/s1. The Morgan fingerprint density at radius 3 is 2.90 bits per heavy atom. The summed E-state index contributed by atoms with van der Waals surface area (Å²) in [7, 11) is 0. The van der Waals surface area contributed by atoms with E-state index in [-0.39, 0.29) is 18.9 Å². The highest BCUT2D eigenvalue weighted by molar-refractivity contribution is 5.99. The van der Waals surface area contributed by atoms with Gasteiger partial charge in [0.15, 0.2) is 0 Å². The minimum atomic E-state index is -1.07. The topological polar surface area (TPSA) is 89.9 Å². The Kier molecular flexibility index (Phi) is 3.55. The molecule has 21 heavy (non-hydrogen) atoms. The van der Waals surface area contributed by atoms with Crippen molar-refractivity contribution in [3.63, 3.8) is 0 Å². The molecule has 2 heterocycles. The zero-order chi connectivity index (χ0) is 15.0. The first kappa shape index (κ1) is 13.9. The molecular weight excluding hydrogens is 272 g/mol. The molecule has 0 aromatic heterocycles. The molecule has 0 aliphatic carbocycles. The lowest BCUT2D eigenvalue weighted by molar-refractivity contribution is -0.141. The summed E-state index contributed by atoms with van der Waals surface area (Å²) in [6, 6.07) is 4.52. The number of benzene rings is 1. The number of hydrogen-bond acceptors (Lipinski definition) is 4. The number of β-amino-alcohol motifs (C(OH)–C–C–N with tert-alkyl or cyclic N) is 1. The lowest BCUT2D eigenvalue weighted by atomic mass is 9.96. The molecule has 2 atom stereocenters. The molecule has 0 saturated carbocycles. The van der Waals surface area contributed by atoms with E-state index in [1.54, 1.807) is 12.1 Å². The molecule has 3 rings (SSSR count). The van der Waals surface area contributed by atoms with Gasteiger partial charge in [-0.25, -0.2) is 4.79 Å². The number of carboxylic acids is 1. The van der Waals surface area contributed by atoms with E-state index < -0.39 is 18.1 Å². The van der Waals surface area contributed by atoms with Crippen molar-refractivity contribution in [2.45, 2.75) is 31.4 Å². The van der Waals surface area contributed by atoms with Gasteiger partial charge in [-0.05, 0) is 30.5 Å². The summed E-state index contributed by atoms with van der Waals surface area (Å²) < 4.78 is 0. The molecule has 1 aromatic rings. The lowest BCUT2D eigenvalue weighted by Crippen LogP contribution is -2.41. The number of aliphatic carboxylic acids is 1. The van der Waals surface area contributed by atoms with E-state index in [0.717, 1.165) is 30.6 Å². The van der Waals surface area contributed by atoms with Gasteiger partial charge >= 0.3 is 5.97 Å². The largest absolute Gasteiger partial charge is 0.480 e. The van der Waals surface area contributed by atoms with E-state index in [1.807, 2.05) is 6.07 Å². The van der Waals surface area contributed by atoms with Crippen molar-refractivity contribution in [1.29, 1.82) is 0 Å². The summed E-state index contributed by atoms with van der Waals surface area (Å²) >= 11 is 0. The maximum atomic E-state index is 12.7. The van der Waals surface area contributed by atoms with Crippen LogP contribution in [0.3, 0.4) is 0 Å². The quantitative estimate of drug-likeness (QED) is 0.746. The highest BCUT2D eigenvalue weighted by Gasteiger charge is 2.39. The number of aliphatic hydroxyl groups excluding tert-OH is 1. The van der Waals surface area contributed by atoms with E-state index >= 15 is 0 Å². The number of nitrogens with one attached hydrogen (secondary N) is 1. The number of amides is 1. The summed E-state index contributed by atoms with van der Waals surface area (Å²) in [5, 5.41) is 22.2. The minimum absolute atomic E-state index is 0.0763. The first-order chi connectivity index (χ1) is 10.1. The van der Waals surface area contributed by atoms with E-state index in [9.17, 15) is 19.8 Å². The van der Waals surface area contributed by atoms with Crippen LogP contribution in [0, 0.1) is 0 Å². The molecule has 1 fully saturated rings. The molecule has 0 radical (unpaired) electrons. The molecule has 3 N–H and O–H groups in total. The number of carboxylic acid groups (broad SMARTS) is 1. The predicted molar refractivity (Wildman–Crippen MR) is 76.3 cm³/mol. The Bertz CT molecular complexity index is 587. The number of rotatable bonds is 2. The third-order valence-corrected chi connectivity index (χ3v) is 4.15. The van der Waals surface area contributed by atoms with Crippen LogP contribution in [0.15, 0.2) is 18.2 Å². The Hall–Kier alpha value is -2.08. The molecule has 6 heteroatoms. The van der Waals surface area contributed by atoms with Gasteiger partial charge in [0.25, 0.3) is 5.91 Å². The van der Waals surface area contributed by atoms with Crippen molar-refractivity contribution in [3.8, 4) is 0 Å². The molecule has 1 aromatic carbocycles. The van der Waals surface area contributed by atoms with Gasteiger partial charge in [-0.2, -0.15) is 0 Å². The number of carbonyl (C=O) groups is 2. The fraction of sp³-hybridized carbons (Fsp3) is 0.467. The van der Waals surface area contributed by atoms with Gasteiger partial charge in [-0.3, -0.25) is 4.79 Å². The summed E-state index contributed by atoms with van der Waals surface area (Å²) in [5.41, 5.74) is 2.43. The average Bonchev–Trinajstić information content (AvgIpc) is 2.88. The van der Waals surface area contributed by atoms with E-state index in [1.165, 1.54) is 4.90 Å². The Labute approximate surface area is 122 Å². The third-order valence-electron chi connectivity index (χ3n) is 4.15. The molecular formula is C15H18N2O4. The average molecular weight is 290 g/mol. The third kappa shape index (κ3) is 2.47. The highest BCUT2D eigenvalue weighted by atomic mass is 16.4. The summed E-state index contributed by atoms with van der Waals surface area (Å²) in [6.45, 7) is 0.956. The smallest absolute Gasteiger partial charge is 0.326 e. The van der Waals surface area contributed by atoms with Crippen LogP contribution in [0.1, 0.15) is 28.8 Å². The van der Waals surface area contributed by atoms with Crippen LogP contribution in [-0.2, 0) is 11.2 Å². The maximum absolute atomic E-state index is 12.7. The van der Waals surface area contributed by atoms with Gasteiger partial charge in [0, 0.05) is 30.8 Å².